The van der Waals surface area contributed by atoms with Gasteiger partial charge in [-0.25, -0.2) is 8.96 Å². The molecule has 2 aromatic rings. The number of hydrogen-bond donors (Lipinski definition) is 1. The number of aromatic nitrogens is 1. The molecule has 3 heterocycles. The first-order chi connectivity index (χ1) is 13.2. The standard InChI is InChI=1S/C21H27FN4O/c1-24-9-7-20(25-10-12-27-13-11-25)15-21(24)23-18-5-3-8-26(16-18)19-6-2-4-17(22)14-19/h2,4,6-7,9,14-15,18H,3,5,8,10-13,16H2,1H3/p+1. The number of morpholine rings is 1. The van der Waals surface area contributed by atoms with E-state index >= 15 is 0 Å². The second kappa shape index (κ2) is 8.13. The highest BCUT2D eigenvalue weighted by molar-refractivity contribution is 5.53. The van der Waals surface area contributed by atoms with Crippen LogP contribution in [0.15, 0.2) is 42.6 Å². The third-order valence-corrected chi connectivity index (χ3v) is 5.46. The van der Waals surface area contributed by atoms with Crippen LogP contribution in [0, 0.1) is 5.82 Å². The zero-order chi connectivity index (χ0) is 18.6. The first kappa shape index (κ1) is 18.0. The van der Waals surface area contributed by atoms with Crippen LogP contribution in [-0.4, -0.2) is 45.4 Å². The molecule has 4 rings (SSSR count). The van der Waals surface area contributed by atoms with Crippen molar-refractivity contribution < 1.29 is 13.7 Å². The molecule has 1 aromatic heterocycles. The van der Waals surface area contributed by atoms with E-state index in [1.165, 1.54) is 11.8 Å². The summed E-state index contributed by atoms with van der Waals surface area (Å²) in [6.45, 7) is 5.30. The molecular formula is C21H28FN4O+. The number of piperidine rings is 1. The van der Waals surface area contributed by atoms with E-state index < -0.39 is 0 Å². The Balaban J connectivity index is 1.46. The number of nitrogens with one attached hydrogen (secondary N) is 1. The molecule has 2 aliphatic heterocycles. The van der Waals surface area contributed by atoms with Gasteiger partial charge in [0.1, 0.15) is 11.9 Å². The fourth-order valence-corrected chi connectivity index (χ4v) is 3.93. The average Bonchev–Trinajstić information content (AvgIpc) is 2.71. The molecule has 144 valence electrons. The van der Waals surface area contributed by atoms with E-state index in [9.17, 15) is 4.39 Å². The summed E-state index contributed by atoms with van der Waals surface area (Å²) in [5.41, 5.74) is 2.20. The fraction of sp³-hybridized carbons (Fsp3) is 0.476. The van der Waals surface area contributed by atoms with Crippen molar-refractivity contribution in [3.8, 4) is 0 Å². The maximum Gasteiger partial charge on any atom is 0.276 e. The molecule has 27 heavy (non-hydrogen) atoms. The molecule has 1 atom stereocenters. The highest BCUT2D eigenvalue weighted by atomic mass is 19.1. The quantitative estimate of drug-likeness (QED) is 0.837. The Kier molecular flexibility index (Phi) is 5.43. The lowest BCUT2D eigenvalue weighted by atomic mass is 10.0. The minimum absolute atomic E-state index is 0.174. The molecule has 2 saturated heterocycles. The van der Waals surface area contributed by atoms with Crippen molar-refractivity contribution in [3.05, 3.63) is 48.4 Å². The van der Waals surface area contributed by atoms with Crippen LogP contribution in [-0.2, 0) is 11.8 Å². The number of halogens is 1. The van der Waals surface area contributed by atoms with Gasteiger partial charge in [-0.1, -0.05) is 6.07 Å². The molecule has 6 heteroatoms. The minimum atomic E-state index is -0.174. The Bertz CT molecular complexity index is 779. The molecule has 1 N–H and O–H groups in total. The van der Waals surface area contributed by atoms with Crippen LogP contribution >= 0.6 is 0 Å². The topological polar surface area (TPSA) is 31.6 Å². The van der Waals surface area contributed by atoms with E-state index in [1.54, 1.807) is 12.1 Å². The van der Waals surface area contributed by atoms with Gasteiger partial charge in [0, 0.05) is 37.1 Å². The van der Waals surface area contributed by atoms with E-state index in [1.807, 2.05) is 6.07 Å². The Morgan fingerprint density at radius 1 is 1.07 bits per heavy atom. The SMILES string of the molecule is C[n+]1ccc(N2CCOCC2)cc1NC1CCCN(c2cccc(F)c2)C1. The predicted octanol–water partition coefficient (Wildman–Crippen LogP) is 2.57. The highest BCUT2D eigenvalue weighted by Gasteiger charge is 2.25. The van der Waals surface area contributed by atoms with Crippen molar-refractivity contribution in [3.63, 3.8) is 0 Å². The molecule has 2 aliphatic rings. The molecule has 2 fully saturated rings. The lowest BCUT2D eigenvalue weighted by molar-refractivity contribution is -0.657. The zero-order valence-corrected chi connectivity index (χ0v) is 15.9. The van der Waals surface area contributed by atoms with Gasteiger partial charge < -0.3 is 14.5 Å². The Morgan fingerprint density at radius 3 is 2.70 bits per heavy atom. The smallest absolute Gasteiger partial charge is 0.276 e. The summed E-state index contributed by atoms with van der Waals surface area (Å²) in [6, 6.07) is 11.6. The van der Waals surface area contributed by atoms with Crippen LogP contribution in [0.2, 0.25) is 0 Å². The van der Waals surface area contributed by atoms with Crippen molar-refractivity contribution >= 4 is 17.2 Å². The summed E-state index contributed by atoms with van der Waals surface area (Å²) in [6.07, 6.45) is 4.33. The van der Waals surface area contributed by atoms with E-state index in [-0.39, 0.29) is 5.82 Å². The van der Waals surface area contributed by atoms with Crippen molar-refractivity contribution in [2.45, 2.75) is 18.9 Å². The molecular weight excluding hydrogens is 343 g/mol. The summed E-state index contributed by atoms with van der Waals surface area (Å²) in [5.74, 6) is 0.942. The van der Waals surface area contributed by atoms with E-state index in [2.05, 4.69) is 45.1 Å². The maximum atomic E-state index is 13.6. The molecule has 0 spiro atoms. The summed E-state index contributed by atoms with van der Waals surface area (Å²) in [5, 5.41) is 3.71. The van der Waals surface area contributed by atoms with Gasteiger partial charge >= 0.3 is 0 Å². The third-order valence-electron chi connectivity index (χ3n) is 5.46. The minimum Gasteiger partial charge on any atom is -0.378 e. The van der Waals surface area contributed by atoms with Gasteiger partial charge in [0.2, 0.25) is 0 Å². The van der Waals surface area contributed by atoms with Gasteiger partial charge in [0.15, 0.2) is 0 Å². The number of rotatable bonds is 4. The summed E-state index contributed by atoms with van der Waals surface area (Å²) < 4.78 is 21.2. The van der Waals surface area contributed by atoms with Crippen molar-refractivity contribution in [1.82, 2.24) is 0 Å². The Morgan fingerprint density at radius 2 is 1.89 bits per heavy atom. The predicted molar refractivity (Wildman–Crippen MR) is 106 cm³/mol. The normalized spacial score (nSPS) is 20.6. The van der Waals surface area contributed by atoms with Gasteiger partial charge in [-0.3, -0.25) is 5.32 Å². The Hall–Kier alpha value is -2.34. The number of pyridine rings is 1. The summed E-state index contributed by atoms with van der Waals surface area (Å²) in [7, 11) is 2.07. The van der Waals surface area contributed by atoms with Crippen LogP contribution in [0.1, 0.15) is 12.8 Å². The van der Waals surface area contributed by atoms with Crippen LogP contribution < -0.4 is 19.7 Å². The number of nitrogens with zero attached hydrogens (tertiary/aromatic N) is 3. The summed E-state index contributed by atoms with van der Waals surface area (Å²) in [4.78, 5) is 4.64. The van der Waals surface area contributed by atoms with Gasteiger partial charge in [-0.05, 0) is 31.0 Å². The van der Waals surface area contributed by atoms with Gasteiger partial charge in [-0.15, -0.1) is 0 Å². The second-order valence-corrected chi connectivity index (χ2v) is 7.39. The first-order valence-electron chi connectivity index (χ1n) is 9.78. The monoisotopic (exact) mass is 371 g/mol. The van der Waals surface area contributed by atoms with Gasteiger partial charge in [-0.2, -0.15) is 0 Å². The van der Waals surface area contributed by atoms with Gasteiger partial charge in [0.05, 0.1) is 39.1 Å². The highest BCUT2D eigenvalue weighted by Crippen LogP contribution is 2.23. The van der Waals surface area contributed by atoms with Crippen molar-refractivity contribution in [2.75, 3.05) is 54.5 Å². The number of hydrogen-bond acceptors (Lipinski definition) is 4. The number of ether oxygens (including phenoxy) is 1. The average molecular weight is 371 g/mol. The summed E-state index contributed by atoms with van der Waals surface area (Å²) >= 11 is 0. The van der Waals surface area contributed by atoms with E-state index in [0.717, 1.165) is 63.7 Å². The van der Waals surface area contributed by atoms with Crippen LogP contribution in [0.25, 0.3) is 0 Å². The first-order valence-corrected chi connectivity index (χ1v) is 9.78. The van der Waals surface area contributed by atoms with Crippen LogP contribution in [0.4, 0.5) is 21.6 Å². The number of anilines is 3. The van der Waals surface area contributed by atoms with Crippen LogP contribution in [0.3, 0.4) is 0 Å². The zero-order valence-electron chi connectivity index (χ0n) is 15.9. The molecule has 0 bridgehead atoms. The molecule has 0 amide bonds. The third kappa shape index (κ3) is 4.33. The van der Waals surface area contributed by atoms with E-state index in [0.29, 0.717) is 6.04 Å². The van der Waals surface area contributed by atoms with Gasteiger partial charge in [0.25, 0.3) is 5.82 Å². The molecule has 0 aliphatic carbocycles. The molecule has 1 unspecified atom stereocenters. The van der Waals surface area contributed by atoms with Crippen molar-refractivity contribution in [2.24, 2.45) is 7.05 Å². The van der Waals surface area contributed by atoms with Crippen LogP contribution in [0.5, 0.6) is 0 Å². The second-order valence-electron chi connectivity index (χ2n) is 7.39. The number of aryl methyl sites for hydroxylation is 1. The Labute approximate surface area is 160 Å². The molecule has 5 nitrogen and oxygen atoms in total. The molecule has 0 saturated carbocycles. The fourth-order valence-electron chi connectivity index (χ4n) is 3.93. The largest absolute Gasteiger partial charge is 0.378 e. The van der Waals surface area contributed by atoms with Crippen molar-refractivity contribution in [1.29, 1.82) is 0 Å². The molecule has 0 radical (unpaired) electrons. The van der Waals surface area contributed by atoms with E-state index in [4.69, 9.17) is 4.74 Å². The molecule has 1 aromatic carbocycles. The maximum absolute atomic E-state index is 13.6. The number of benzene rings is 1. The lowest BCUT2D eigenvalue weighted by Crippen LogP contribution is -2.45. The lowest BCUT2D eigenvalue weighted by Gasteiger charge is -2.33.